The Kier molecular flexibility index (Phi) is 3.45. The van der Waals surface area contributed by atoms with Gasteiger partial charge in [0.05, 0.1) is 9.48 Å². The van der Waals surface area contributed by atoms with Crippen molar-refractivity contribution in [1.82, 2.24) is 15.3 Å². The number of rotatable bonds is 3. The van der Waals surface area contributed by atoms with E-state index in [-0.39, 0.29) is 0 Å². The van der Waals surface area contributed by atoms with Gasteiger partial charge in [-0.25, -0.2) is 4.98 Å². The minimum absolute atomic E-state index is 0.780. The van der Waals surface area contributed by atoms with E-state index in [2.05, 4.69) is 31.2 Å². The van der Waals surface area contributed by atoms with Gasteiger partial charge in [0.1, 0.15) is 5.01 Å². The Morgan fingerprint density at radius 2 is 2.13 bits per heavy atom. The fourth-order valence-electron chi connectivity index (χ4n) is 1.23. The highest BCUT2D eigenvalue weighted by Gasteiger charge is 2.09. The van der Waals surface area contributed by atoms with Gasteiger partial charge in [-0.1, -0.05) is 0 Å². The Balaban J connectivity index is 2.34. The molecule has 0 aliphatic heterocycles. The van der Waals surface area contributed by atoms with Crippen LogP contribution in [0.4, 0.5) is 0 Å². The fraction of sp³-hybridized carbons (Fsp3) is 0.200. The van der Waals surface area contributed by atoms with E-state index in [0.717, 1.165) is 26.6 Å². The van der Waals surface area contributed by atoms with Gasteiger partial charge in [0.15, 0.2) is 0 Å². The molecule has 78 valence electrons. The molecule has 2 aromatic rings. The van der Waals surface area contributed by atoms with Crippen LogP contribution < -0.4 is 5.32 Å². The van der Waals surface area contributed by atoms with Crippen molar-refractivity contribution < 1.29 is 0 Å². The summed E-state index contributed by atoms with van der Waals surface area (Å²) in [5.41, 5.74) is 2.16. The topological polar surface area (TPSA) is 37.8 Å². The first kappa shape index (κ1) is 10.7. The summed E-state index contributed by atoms with van der Waals surface area (Å²) >= 11 is 5.16. The molecule has 3 nitrogen and oxygen atoms in total. The second-order valence-electron chi connectivity index (χ2n) is 3.01. The van der Waals surface area contributed by atoms with E-state index in [0.29, 0.717) is 0 Å². The highest BCUT2D eigenvalue weighted by atomic mass is 79.9. The number of hydrogen-bond acceptors (Lipinski definition) is 4. The van der Waals surface area contributed by atoms with Crippen molar-refractivity contribution in [1.29, 1.82) is 0 Å². The van der Waals surface area contributed by atoms with Gasteiger partial charge in [0.25, 0.3) is 0 Å². The monoisotopic (exact) mass is 283 g/mol. The summed E-state index contributed by atoms with van der Waals surface area (Å²) in [5, 5.41) is 4.11. The third-order valence-electron chi connectivity index (χ3n) is 1.92. The number of halogens is 1. The molecule has 1 N–H and O–H groups in total. The van der Waals surface area contributed by atoms with Crippen LogP contribution in [0.2, 0.25) is 0 Å². The van der Waals surface area contributed by atoms with E-state index in [4.69, 9.17) is 0 Å². The van der Waals surface area contributed by atoms with Crippen LogP contribution in [0.5, 0.6) is 0 Å². The van der Waals surface area contributed by atoms with Gasteiger partial charge < -0.3 is 5.32 Å². The lowest BCUT2D eigenvalue weighted by Crippen LogP contribution is -2.05. The van der Waals surface area contributed by atoms with E-state index < -0.39 is 0 Å². The number of nitrogens with one attached hydrogen (secondary N) is 1. The van der Waals surface area contributed by atoms with E-state index in [1.54, 1.807) is 23.7 Å². The van der Waals surface area contributed by atoms with Crippen molar-refractivity contribution in [3.05, 3.63) is 34.0 Å². The second-order valence-corrected chi connectivity index (χ2v) is 5.32. The minimum atomic E-state index is 0.780. The van der Waals surface area contributed by atoms with Gasteiger partial charge in [-0.15, -0.1) is 11.3 Å². The zero-order valence-corrected chi connectivity index (χ0v) is 10.6. The van der Waals surface area contributed by atoms with Gasteiger partial charge in [0, 0.05) is 24.5 Å². The maximum Gasteiger partial charge on any atom is 0.124 e. The number of pyridine rings is 1. The summed E-state index contributed by atoms with van der Waals surface area (Å²) in [6.45, 7) is 0.780. The smallest absolute Gasteiger partial charge is 0.124 e. The molecule has 0 unspecified atom stereocenters. The lowest BCUT2D eigenvalue weighted by Gasteiger charge is -1.94. The third-order valence-corrected chi connectivity index (χ3v) is 3.80. The van der Waals surface area contributed by atoms with Crippen LogP contribution in [0.1, 0.15) is 5.69 Å². The summed E-state index contributed by atoms with van der Waals surface area (Å²) in [6.07, 6.45) is 3.56. The molecule has 0 atom stereocenters. The Hall–Kier alpha value is -0.780. The molecule has 0 fully saturated rings. The van der Waals surface area contributed by atoms with Crippen molar-refractivity contribution in [2.75, 3.05) is 7.05 Å². The highest BCUT2D eigenvalue weighted by molar-refractivity contribution is 9.11. The van der Waals surface area contributed by atoms with Gasteiger partial charge in [0.2, 0.25) is 0 Å². The van der Waals surface area contributed by atoms with Crippen LogP contribution in [0.3, 0.4) is 0 Å². The van der Waals surface area contributed by atoms with Crippen LogP contribution in [0.25, 0.3) is 10.6 Å². The van der Waals surface area contributed by atoms with Gasteiger partial charge in [-0.2, -0.15) is 0 Å². The van der Waals surface area contributed by atoms with Crippen molar-refractivity contribution in [3.8, 4) is 10.6 Å². The average Bonchev–Trinajstić information content (AvgIpc) is 2.63. The van der Waals surface area contributed by atoms with Crippen molar-refractivity contribution in [3.63, 3.8) is 0 Å². The molecule has 2 heterocycles. The lowest BCUT2D eigenvalue weighted by atomic mass is 10.3. The van der Waals surface area contributed by atoms with E-state index >= 15 is 0 Å². The summed E-state index contributed by atoms with van der Waals surface area (Å²) in [4.78, 5) is 8.54. The zero-order valence-electron chi connectivity index (χ0n) is 8.20. The van der Waals surface area contributed by atoms with Crippen LogP contribution in [-0.2, 0) is 6.54 Å². The number of hydrogen-bond donors (Lipinski definition) is 1. The first-order valence-electron chi connectivity index (χ1n) is 4.51. The van der Waals surface area contributed by atoms with Gasteiger partial charge in [-0.3, -0.25) is 4.98 Å². The Bertz CT molecular complexity index is 441. The van der Waals surface area contributed by atoms with Gasteiger partial charge >= 0.3 is 0 Å². The molecule has 2 rings (SSSR count). The largest absolute Gasteiger partial charge is 0.314 e. The Morgan fingerprint density at radius 1 is 1.40 bits per heavy atom. The molecule has 0 aliphatic carbocycles. The predicted octanol–water partition coefficient (Wildman–Crippen LogP) is 2.69. The Morgan fingerprint density at radius 3 is 2.80 bits per heavy atom. The van der Waals surface area contributed by atoms with Crippen LogP contribution in [-0.4, -0.2) is 17.0 Å². The van der Waals surface area contributed by atoms with E-state index in [1.807, 2.05) is 19.2 Å². The molecule has 15 heavy (non-hydrogen) atoms. The Labute approximate surface area is 101 Å². The molecule has 0 aromatic carbocycles. The second kappa shape index (κ2) is 4.83. The normalized spacial score (nSPS) is 10.5. The molecule has 0 bridgehead atoms. The molecule has 0 radical (unpaired) electrons. The number of nitrogens with zero attached hydrogens (tertiary/aromatic N) is 2. The molecular weight excluding hydrogens is 274 g/mol. The van der Waals surface area contributed by atoms with Crippen LogP contribution >= 0.6 is 27.3 Å². The molecule has 2 aromatic heterocycles. The van der Waals surface area contributed by atoms with Crippen molar-refractivity contribution in [2.45, 2.75) is 6.54 Å². The molecule has 0 saturated carbocycles. The van der Waals surface area contributed by atoms with Crippen LogP contribution in [0.15, 0.2) is 28.3 Å². The summed E-state index contributed by atoms with van der Waals surface area (Å²) in [5.74, 6) is 0. The first-order chi connectivity index (χ1) is 7.31. The standard InChI is InChI=1S/C10H10BrN3S/c1-12-6-8-9(11)15-10(14-8)7-2-4-13-5-3-7/h2-5,12H,6H2,1H3. The van der Waals surface area contributed by atoms with Crippen molar-refractivity contribution >= 4 is 27.3 Å². The zero-order chi connectivity index (χ0) is 10.7. The summed E-state index contributed by atoms with van der Waals surface area (Å²) < 4.78 is 1.09. The molecule has 0 aliphatic rings. The molecule has 0 spiro atoms. The number of aromatic nitrogens is 2. The SMILES string of the molecule is CNCc1nc(-c2ccncc2)sc1Br. The molecular formula is C10H10BrN3S. The van der Waals surface area contributed by atoms with Crippen LogP contribution in [0, 0.1) is 0 Å². The number of thiazole rings is 1. The lowest BCUT2D eigenvalue weighted by molar-refractivity contribution is 0.795. The minimum Gasteiger partial charge on any atom is -0.314 e. The third kappa shape index (κ3) is 2.42. The van der Waals surface area contributed by atoms with E-state index in [9.17, 15) is 0 Å². The highest BCUT2D eigenvalue weighted by Crippen LogP contribution is 2.31. The summed E-state index contributed by atoms with van der Waals surface area (Å²) in [6, 6.07) is 3.93. The molecule has 5 heteroatoms. The first-order valence-corrected chi connectivity index (χ1v) is 6.12. The van der Waals surface area contributed by atoms with Crippen molar-refractivity contribution in [2.24, 2.45) is 0 Å². The fourth-order valence-corrected chi connectivity index (χ4v) is 2.73. The maximum atomic E-state index is 4.55. The average molecular weight is 284 g/mol. The van der Waals surface area contributed by atoms with E-state index in [1.165, 1.54) is 0 Å². The maximum absolute atomic E-state index is 4.55. The quantitative estimate of drug-likeness (QED) is 0.941. The molecule has 0 amide bonds. The summed E-state index contributed by atoms with van der Waals surface area (Å²) in [7, 11) is 1.91. The molecule has 0 saturated heterocycles. The predicted molar refractivity (Wildman–Crippen MR) is 65.8 cm³/mol. The van der Waals surface area contributed by atoms with Gasteiger partial charge in [-0.05, 0) is 35.1 Å².